The fourth-order valence-electron chi connectivity index (χ4n) is 3.16. The third-order valence-corrected chi connectivity index (χ3v) is 4.63. The number of amides is 2. The van der Waals surface area contributed by atoms with E-state index in [1.165, 1.54) is 0 Å². The summed E-state index contributed by atoms with van der Waals surface area (Å²) in [7, 11) is 1.67. The molecule has 6 heteroatoms. The number of carbonyl (C=O) groups excluding carboxylic acids is 1. The monoisotopic (exact) mass is 354 g/mol. The molecule has 1 N–H and O–H groups in total. The van der Waals surface area contributed by atoms with E-state index in [1.54, 1.807) is 7.11 Å². The number of piperazine rings is 1. The summed E-state index contributed by atoms with van der Waals surface area (Å²) in [5.41, 5.74) is 2.18. The molecular formula is C20H26N4O2. The molecule has 0 unspecified atom stereocenters. The van der Waals surface area contributed by atoms with Crippen LogP contribution >= 0.6 is 0 Å². The highest BCUT2D eigenvalue weighted by molar-refractivity contribution is 5.74. The second-order valence-electron chi connectivity index (χ2n) is 6.38. The molecule has 0 atom stereocenters. The number of methoxy groups -OCH3 is 1. The molecule has 0 aliphatic carbocycles. The molecule has 138 valence electrons. The minimum Gasteiger partial charge on any atom is -0.496 e. The van der Waals surface area contributed by atoms with Gasteiger partial charge in [0.1, 0.15) is 5.75 Å². The van der Waals surface area contributed by atoms with Gasteiger partial charge in [0, 0.05) is 45.5 Å². The van der Waals surface area contributed by atoms with Gasteiger partial charge in [-0.25, -0.2) is 4.79 Å². The Kier molecular flexibility index (Phi) is 6.44. The van der Waals surface area contributed by atoms with Crippen molar-refractivity contribution in [3.05, 3.63) is 59.9 Å². The Balaban J connectivity index is 1.39. The van der Waals surface area contributed by atoms with Gasteiger partial charge >= 0.3 is 6.03 Å². The number of carbonyl (C=O) groups is 1. The van der Waals surface area contributed by atoms with Crippen LogP contribution in [0.15, 0.2) is 48.7 Å². The number of hydrogen-bond donors (Lipinski definition) is 1. The summed E-state index contributed by atoms with van der Waals surface area (Å²) in [6, 6.07) is 13.9. The van der Waals surface area contributed by atoms with Crippen molar-refractivity contribution in [1.82, 2.24) is 20.1 Å². The highest BCUT2D eigenvalue weighted by Gasteiger charge is 2.21. The lowest BCUT2D eigenvalue weighted by Crippen LogP contribution is -2.51. The van der Waals surface area contributed by atoms with Crippen LogP contribution in [0, 0.1) is 0 Å². The smallest absolute Gasteiger partial charge is 0.317 e. The van der Waals surface area contributed by atoms with Crippen molar-refractivity contribution in [2.75, 3.05) is 39.8 Å². The van der Waals surface area contributed by atoms with E-state index < -0.39 is 0 Å². The summed E-state index contributed by atoms with van der Waals surface area (Å²) in [4.78, 5) is 20.9. The molecule has 2 aromatic rings. The lowest BCUT2D eigenvalue weighted by Gasteiger charge is -2.34. The van der Waals surface area contributed by atoms with Crippen molar-refractivity contribution < 1.29 is 9.53 Å². The molecule has 2 heterocycles. The maximum absolute atomic E-state index is 12.4. The number of nitrogens with zero attached hydrogens (tertiary/aromatic N) is 3. The summed E-state index contributed by atoms with van der Waals surface area (Å²) in [6.45, 7) is 4.67. The number of para-hydroxylation sites is 1. The van der Waals surface area contributed by atoms with Crippen molar-refractivity contribution in [3.63, 3.8) is 0 Å². The summed E-state index contributed by atoms with van der Waals surface area (Å²) >= 11 is 0. The Morgan fingerprint density at radius 3 is 2.62 bits per heavy atom. The number of pyridine rings is 1. The number of benzene rings is 1. The number of hydrogen-bond acceptors (Lipinski definition) is 4. The molecule has 1 fully saturated rings. The molecule has 1 aromatic carbocycles. The van der Waals surface area contributed by atoms with Gasteiger partial charge in [0.05, 0.1) is 12.8 Å². The Hall–Kier alpha value is -2.60. The van der Waals surface area contributed by atoms with Crippen molar-refractivity contribution in [2.45, 2.75) is 13.0 Å². The maximum Gasteiger partial charge on any atom is 0.317 e. The van der Waals surface area contributed by atoms with Gasteiger partial charge in [0.2, 0.25) is 0 Å². The van der Waals surface area contributed by atoms with Crippen LogP contribution in [0.25, 0.3) is 0 Å². The van der Waals surface area contributed by atoms with Crippen molar-refractivity contribution in [2.24, 2.45) is 0 Å². The average Bonchev–Trinajstić information content (AvgIpc) is 2.69. The van der Waals surface area contributed by atoms with Crippen LogP contribution in [-0.2, 0) is 13.0 Å². The first-order chi connectivity index (χ1) is 12.8. The van der Waals surface area contributed by atoms with E-state index in [0.717, 1.165) is 56.2 Å². The Labute approximate surface area is 154 Å². The van der Waals surface area contributed by atoms with Gasteiger partial charge in [0.15, 0.2) is 0 Å². The van der Waals surface area contributed by atoms with Crippen molar-refractivity contribution >= 4 is 6.03 Å². The SMILES string of the molecule is COc1ccccc1CCNC(=O)N1CCN(Cc2ccccn2)CC1. The Bertz CT molecular complexity index is 700. The molecule has 2 amide bonds. The van der Waals surface area contributed by atoms with E-state index in [1.807, 2.05) is 53.6 Å². The normalized spacial score (nSPS) is 14.9. The van der Waals surface area contributed by atoms with Crippen LogP contribution in [0.2, 0.25) is 0 Å². The first-order valence-electron chi connectivity index (χ1n) is 9.03. The van der Waals surface area contributed by atoms with Crippen molar-refractivity contribution in [1.29, 1.82) is 0 Å². The zero-order valence-electron chi connectivity index (χ0n) is 15.2. The maximum atomic E-state index is 12.4. The van der Waals surface area contributed by atoms with E-state index in [2.05, 4.69) is 15.2 Å². The third kappa shape index (κ3) is 4.95. The Morgan fingerprint density at radius 2 is 1.88 bits per heavy atom. The van der Waals surface area contributed by atoms with E-state index in [0.29, 0.717) is 6.54 Å². The summed E-state index contributed by atoms with van der Waals surface area (Å²) in [6.07, 6.45) is 2.58. The highest BCUT2D eigenvalue weighted by atomic mass is 16.5. The molecule has 1 aliphatic heterocycles. The largest absolute Gasteiger partial charge is 0.496 e. The number of urea groups is 1. The van der Waals surface area contributed by atoms with Crippen LogP contribution in [0.4, 0.5) is 4.79 Å². The standard InChI is InChI=1S/C20H26N4O2/c1-26-19-8-3-2-6-17(19)9-11-22-20(25)24-14-12-23(13-15-24)16-18-7-4-5-10-21-18/h2-8,10H,9,11-16H2,1H3,(H,22,25). The predicted molar refractivity (Wildman–Crippen MR) is 101 cm³/mol. The lowest BCUT2D eigenvalue weighted by atomic mass is 10.1. The topological polar surface area (TPSA) is 57.7 Å². The van der Waals surface area contributed by atoms with E-state index in [4.69, 9.17) is 4.74 Å². The quantitative estimate of drug-likeness (QED) is 0.864. The molecule has 0 radical (unpaired) electrons. The third-order valence-electron chi connectivity index (χ3n) is 4.63. The molecular weight excluding hydrogens is 328 g/mol. The minimum absolute atomic E-state index is 0.0115. The number of aromatic nitrogens is 1. The molecule has 1 aromatic heterocycles. The zero-order valence-corrected chi connectivity index (χ0v) is 15.2. The fourth-order valence-corrected chi connectivity index (χ4v) is 3.16. The predicted octanol–water partition coefficient (Wildman–Crippen LogP) is 2.16. The molecule has 3 rings (SSSR count). The number of nitrogens with one attached hydrogen (secondary N) is 1. The average molecular weight is 354 g/mol. The van der Waals surface area contributed by atoms with Gasteiger partial charge in [-0.05, 0) is 30.2 Å². The van der Waals surface area contributed by atoms with E-state index in [9.17, 15) is 4.79 Å². The second-order valence-corrected chi connectivity index (χ2v) is 6.38. The van der Waals surface area contributed by atoms with Crippen LogP contribution in [-0.4, -0.2) is 60.6 Å². The highest BCUT2D eigenvalue weighted by Crippen LogP contribution is 2.17. The fraction of sp³-hybridized carbons (Fsp3) is 0.400. The summed E-state index contributed by atoms with van der Waals surface area (Å²) in [5, 5.41) is 3.02. The number of ether oxygens (including phenoxy) is 1. The summed E-state index contributed by atoms with van der Waals surface area (Å²) in [5.74, 6) is 0.866. The molecule has 6 nitrogen and oxygen atoms in total. The number of rotatable bonds is 6. The van der Waals surface area contributed by atoms with Crippen LogP contribution in [0.3, 0.4) is 0 Å². The van der Waals surface area contributed by atoms with E-state index in [-0.39, 0.29) is 6.03 Å². The molecule has 0 saturated carbocycles. The van der Waals surface area contributed by atoms with Crippen LogP contribution < -0.4 is 10.1 Å². The van der Waals surface area contributed by atoms with Gasteiger partial charge in [-0.15, -0.1) is 0 Å². The first kappa shape index (κ1) is 18.2. The lowest BCUT2D eigenvalue weighted by molar-refractivity contribution is 0.134. The van der Waals surface area contributed by atoms with Crippen molar-refractivity contribution in [3.8, 4) is 5.75 Å². The van der Waals surface area contributed by atoms with Gasteiger partial charge in [0.25, 0.3) is 0 Å². The molecule has 0 bridgehead atoms. The Morgan fingerprint density at radius 1 is 1.12 bits per heavy atom. The summed E-state index contributed by atoms with van der Waals surface area (Å²) < 4.78 is 5.35. The molecule has 26 heavy (non-hydrogen) atoms. The first-order valence-corrected chi connectivity index (χ1v) is 9.03. The van der Waals surface area contributed by atoms with Crippen LogP contribution in [0.5, 0.6) is 5.75 Å². The second kappa shape index (κ2) is 9.20. The zero-order chi connectivity index (χ0) is 18.2. The molecule has 0 spiro atoms. The van der Waals surface area contributed by atoms with Gasteiger partial charge in [-0.2, -0.15) is 0 Å². The van der Waals surface area contributed by atoms with Crippen LogP contribution in [0.1, 0.15) is 11.3 Å². The van der Waals surface area contributed by atoms with Gasteiger partial charge < -0.3 is 15.0 Å². The van der Waals surface area contributed by atoms with Gasteiger partial charge in [-0.1, -0.05) is 24.3 Å². The minimum atomic E-state index is 0.0115. The van der Waals surface area contributed by atoms with E-state index >= 15 is 0 Å². The molecule has 1 aliphatic rings. The van der Waals surface area contributed by atoms with Gasteiger partial charge in [-0.3, -0.25) is 9.88 Å². The molecule has 1 saturated heterocycles.